The zero-order chi connectivity index (χ0) is 15.5. The fraction of sp³-hybridized carbons (Fsp3) is 0.733. The van der Waals surface area contributed by atoms with Crippen molar-refractivity contribution < 1.29 is 5.11 Å². The Kier molecular flexibility index (Phi) is 5.43. The van der Waals surface area contributed by atoms with Crippen LogP contribution in [0.1, 0.15) is 46.0 Å². The number of halogens is 1. The van der Waals surface area contributed by atoms with Gasteiger partial charge in [0.15, 0.2) is 0 Å². The molecule has 0 atom stereocenters. The predicted octanol–water partition coefficient (Wildman–Crippen LogP) is 2.77. The minimum atomic E-state index is -0.662. The van der Waals surface area contributed by atoms with Gasteiger partial charge in [-0.2, -0.15) is 5.10 Å². The summed E-state index contributed by atoms with van der Waals surface area (Å²) in [5, 5.41) is 17.9. The molecular formula is C15H24BrN3O2. The van der Waals surface area contributed by atoms with Crippen LogP contribution in [0.15, 0.2) is 15.5 Å². The van der Waals surface area contributed by atoms with Gasteiger partial charge in [0.25, 0.3) is 5.56 Å². The fourth-order valence-electron chi connectivity index (χ4n) is 2.71. The molecule has 1 aliphatic carbocycles. The third-order valence-electron chi connectivity index (χ3n) is 3.92. The number of hydrogen-bond acceptors (Lipinski definition) is 4. The van der Waals surface area contributed by atoms with Crippen molar-refractivity contribution in [3.8, 4) is 0 Å². The Labute approximate surface area is 133 Å². The average Bonchev–Trinajstić information content (AvgIpc) is 2.43. The summed E-state index contributed by atoms with van der Waals surface area (Å²) in [5.74, 6) is 0.365. The van der Waals surface area contributed by atoms with Crippen molar-refractivity contribution in [2.24, 2.45) is 5.92 Å². The zero-order valence-corrected chi connectivity index (χ0v) is 14.3. The van der Waals surface area contributed by atoms with E-state index in [0.717, 1.165) is 25.7 Å². The maximum atomic E-state index is 12.2. The highest BCUT2D eigenvalue weighted by Crippen LogP contribution is 2.28. The predicted molar refractivity (Wildman–Crippen MR) is 87.6 cm³/mol. The Morgan fingerprint density at radius 2 is 2.10 bits per heavy atom. The minimum absolute atomic E-state index is 0.135. The second-order valence-corrected chi connectivity index (χ2v) is 7.18. The second-order valence-electron chi connectivity index (χ2n) is 6.39. The van der Waals surface area contributed by atoms with Gasteiger partial charge in [-0.1, -0.05) is 33.1 Å². The molecule has 6 heteroatoms. The van der Waals surface area contributed by atoms with Gasteiger partial charge in [0.2, 0.25) is 0 Å². The van der Waals surface area contributed by atoms with Crippen LogP contribution in [-0.4, -0.2) is 27.0 Å². The fourth-order valence-corrected chi connectivity index (χ4v) is 3.16. The number of rotatable bonds is 5. The lowest BCUT2D eigenvalue weighted by Gasteiger charge is -2.32. The SMILES string of the molecule is CC(C)Cn1ncc(NCC2(O)CCCCC2)c(Br)c1=O. The molecule has 0 saturated heterocycles. The molecule has 1 aromatic rings. The summed E-state index contributed by atoms with van der Waals surface area (Å²) >= 11 is 3.35. The average molecular weight is 358 g/mol. The van der Waals surface area contributed by atoms with Gasteiger partial charge < -0.3 is 10.4 Å². The molecule has 2 rings (SSSR count). The van der Waals surface area contributed by atoms with Crippen molar-refractivity contribution in [2.45, 2.75) is 58.1 Å². The molecule has 0 aliphatic heterocycles. The first-order chi connectivity index (χ1) is 9.91. The van der Waals surface area contributed by atoms with Crippen LogP contribution in [0.4, 0.5) is 5.69 Å². The lowest BCUT2D eigenvalue weighted by Crippen LogP contribution is -2.39. The molecule has 5 nitrogen and oxygen atoms in total. The smallest absolute Gasteiger partial charge is 0.283 e. The van der Waals surface area contributed by atoms with Crippen LogP contribution < -0.4 is 10.9 Å². The quantitative estimate of drug-likeness (QED) is 0.850. The molecule has 0 radical (unpaired) electrons. The normalized spacial score (nSPS) is 18.0. The van der Waals surface area contributed by atoms with Gasteiger partial charge >= 0.3 is 0 Å². The molecule has 0 unspecified atom stereocenters. The first-order valence-corrected chi connectivity index (χ1v) is 8.42. The first kappa shape index (κ1) is 16.5. The maximum absolute atomic E-state index is 12.2. The highest BCUT2D eigenvalue weighted by Gasteiger charge is 2.29. The van der Waals surface area contributed by atoms with Crippen LogP contribution in [0, 0.1) is 5.92 Å². The number of aromatic nitrogens is 2. The Hall–Kier alpha value is -0.880. The largest absolute Gasteiger partial charge is 0.388 e. The van der Waals surface area contributed by atoms with E-state index in [4.69, 9.17) is 0 Å². The number of aliphatic hydroxyl groups is 1. The lowest BCUT2D eigenvalue weighted by atomic mass is 9.85. The molecule has 2 N–H and O–H groups in total. The van der Waals surface area contributed by atoms with Gasteiger partial charge in [0, 0.05) is 13.1 Å². The number of hydrogen-bond donors (Lipinski definition) is 2. The summed E-state index contributed by atoms with van der Waals surface area (Å²) in [5.41, 5.74) is -0.145. The van der Waals surface area contributed by atoms with Crippen molar-refractivity contribution in [1.82, 2.24) is 9.78 Å². The van der Waals surface area contributed by atoms with Crippen LogP contribution in [-0.2, 0) is 6.54 Å². The molecular weight excluding hydrogens is 334 g/mol. The molecule has 0 bridgehead atoms. The van der Waals surface area contributed by atoms with Crippen LogP contribution >= 0.6 is 15.9 Å². The Morgan fingerprint density at radius 3 is 2.71 bits per heavy atom. The van der Waals surface area contributed by atoms with Crippen LogP contribution in [0.3, 0.4) is 0 Å². The highest BCUT2D eigenvalue weighted by atomic mass is 79.9. The summed E-state index contributed by atoms with van der Waals surface area (Å²) in [6, 6.07) is 0. The second kappa shape index (κ2) is 6.92. The summed E-state index contributed by atoms with van der Waals surface area (Å²) in [6.45, 7) is 5.15. The van der Waals surface area contributed by atoms with Gasteiger partial charge in [-0.15, -0.1) is 0 Å². The molecule has 1 aliphatic rings. The van der Waals surface area contributed by atoms with Crippen molar-refractivity contribution >= 4 is 21.6 Å². The van der Waals surface area contributed by atoms with Gasteiger partial charge in [0.1, 0.15) is 4.47 Å². The van der Waals surface area contributed by atoms with Crippen LogP contribution in [0.5, 0.6) is 0 Å². The third-order valence-corrected chi connectivity index (χ3v) is 4.68. The summed E-state index contributed by atoms with van der Waals surface area (Å²) < 4.78 is 1.95. The van der Waals surface area contributed by atoms with E-state index >= 15 is 0 Å². The molecule has 0 spiro atoms. The first-order valence-electron chi connectivity index (χ1n) is 7.63. The van der Waals surface area contributed by atoms with Crippen LogP contribution in [0.2, 0.25) is 0 Å². The van der Waals surface area contributed by atoms with Crippen molar-refractivity contribution in [1.29, 1.82) is 0 Å². The molecule has 0 amide bonds. The van der Waals surface area contributed by atoms with E-state index in [9.17, 15) is 9.90 Å². The zero-order valence-electron chi connectivity index (χ0n) is 12.7. The molecule has 1 saturated carbocycles. The molecule has 1 fully saturated rings. The van der Waals surface area contributed by atoms with Gasteiger partial charge in [-0.3, -0.25) is 4.79 Å². The minimum Gasteiger partial charge on any atom is -0.388 e. The van der Waals surface area contributed by atoms with Gasteiger partial charge in [0.05, 0.1) is 17.5 Å². The molecule has 21 heavy (non-hydrogen) atoms. The van der Waals surface area contributed by atoms with E-state index in [2.05, 4.69) is 26.3 Å². The van der Waals surface area contributed by atoms with E-state index in [1.54, 1.807) is 6.20 Å². The Morgan fingerprint density at radius 1 is 1.43 bits per heavy atom. The van der Waals surface area contributed by atoms with Crippen molar-refractivity contribution in [3.63, 3.8) is 0 Å². The Balaban J connectivity index is 2.07. The molecule has 1 aromatic heterocycles. The van der Waals surface area contributed by atoms with E-state index in [-0.39, 0.29) is 5.56 Å². The van der Waals surface area contributed by atoms with E-state index in [1.807, 2.05) is 13.8 Å². The monoisotopic (exact) mass is 357 g/mol. The van der Waals surface area contributed by atoms with E-state index < -0.39 is 5.60 Å². The third kappa shape index (κ3) is 4.30. The van der Waals surface area contributed by atoms with E-state index in [0.29, 0.717) is 29.2 Å². The number of nitrogens with zero attached hydrogens (tertiary/aromatic N) is 2. The number of nitrogens with one attached hydrogen (secondary N) is 1. The maximum Gasteiger partial charge on any atom is 0.283 e. The highest BCUT2D eigenvalue weighted by molar-refractivity contribution is 9.10. The molecule has 1 heterocycles. The van der Waals surface area contributed by atoms with E-state index in [1.165, 1.54) is 11.1 Å². The van der Waals surface area contributed by atoms with Crippen molar-refractivity contribution in [3.05, 3.63) is 21.0 Å². The summed E-state index contributed by atoms with van der Waals surface area (Å²) in [6.07, 6.45) is 6.60. The standard InChI is InChI=1S/C15H24BrN3O2/c1-11(2)9-19-14(20)13(16)12(8-18-19)17-10-15(21)6-4-3-5-7-15/h8,11,17,21H,3-7,9-10H2,1-2H3. The summed E-state index contributed by atoms with van der Waals surface area (Å²) in [7, 11) is 0. The topological polar surface area (TPSA) is 67.2 Å². The van der Waals surface area contributed by atoms with Gasteiger partial charge in [-0.05, 0) is 34.7 Å². The lowest BCUT2D eigenvalue weighted by molar-refractivity contribution is 0.0167. The Bertz CT molecular complexity index is 536. The number of anilines is 1. The van der Waals surface area contributed by atoms with Crippen LogP contribution in [0.25, 0.3) is 0 Å². The van der Waals surface area contributed by atoms with Gasteiger partial charge in [-0.25, -0.2) is 4.68 Å². The molecule has 0 aromatic carbocycles. The van der Waals surface area contributed by atoms with Crippen molar-refractivity contribution in [2.75, 3.05) is 11.9 Å². The summed E-state index contributed by atoms with van der Waals surface area (Å²) in [4.78, 5) is 12.2. The molecule has 118 valence electrons.